The molecule has 3 rings (SSSR count). The lowest BCUT2D eigenvalue weighted by Gasteiger charge is -2.37. The number of nitrogens with zero attached hydrogens (tertiary/aromatic N) is 2. The molecule has 32 heavy (non-hydrogen) atoms. The number of rotatable bonds is 9. The van der Waals surface area contributed by atoms with Crippen LogP contribution in [0.1, 0.15) is 50.6 Å². The number of carbonyl (C=O) groups is 2. The fourth-order valence-electron chi connectivity index (χ4n) is 3.88. The Kier molecular flexibility index (Phi) is 8.56. The van der Waals surface area contributed by atoms with Gasteiger partial charge in [0.2, 0.25) is 5.91 Å². The number of urea groups is 1. The first-order valence-corrected chi connectivity index (χ1v) is 12.4. The standard InChI is InChI=1S/C25H35N3O3S/c1-5-19(4)15-27(25(30)26-18(2)3)16-24(29)28-13-11-23-21(12-14-32-23)22(28)17-31-20-9-7-6-8-10-20/h6-10,12,14,18-19,22H,5,11,13,15-17H2,1-4H3,(H,26,30)/t19-,22-/m0/s1. The number of thiophene rings is 1. The molecule has 2 heterocycles. The summed E-state index contributed by atoms with van der Waals surface area (Å²) in [5.74, 6) is 1.07. The quantitative estimate of drug-likeness (QED) is 0.593. The van der Waals surface area contributed by atoms with Crippen LogP contribution in [0.2, 0.25) is 0 Å². The number of amides is 3. The first-order valence-electron chi connectivity index (χ1n) is 11.5. The summed E-state index contributed by atoms with van der Waals surface area (Å²) in [4.78, 5) is 31.1. The molecule has 0 aliphatic carbocycles. The summed E-state index contributed by atoms with van der Waals surface area (Å²) in [6.07, 6.45) is 1.79. The van der Waals surface area contributed by atoms with Crippen molar-refractivity contribution in [3.63, 3.8) is 0 Å². The van der Waals surface area contributed by atoms with Gasteiger partial charge in [0.25, 0.3) is 0 Å². The van der Waals surface area contributed by atoms with Crippen molar-refractivity contribution < 1.29 is 14.3 Å². The van der Waals surface area contributed by atoms with Crippen LogP contribution in [-0.2, 0) is 11.2 Å². The topological polar surface area (TPSA) is 61.9 Å². The van der Waals surface area contributed by atoms with Crippen LogP contribution in [-0.4, -0.2) is 54.0 Å². The highest BCUT2D eigenvalue weighted by molar-refractivity contribution is 7.10. The predicted octanol–water partition coefficient (Wildman–Crippen LogP) is 4.72. The Morgan fingerprint density at radius 3 is 2.66 bits per heavy atom. The van der Waals surface area contributed by atoms with E-state index in [-0.39, 0.29) is 30.6 Å². The third-order valence-corrected chi connectivity index (χ3v) is 6.82. The number of para-hydroxylation sites is 1. The van der Waals surface area contributed by atoms with E-state index in [1.807, 2.05) is 49.1 Å². The molecule has 1 aliphatic rings. The Morgan fingerprint density at radius 1 is 1.22 bits per heavy atom. The average molecular weight is 458 g/mol. The van der Waals surface area contributed by atoms with E-state index in [1.54, 1.807) is 16.2 Å². The molecule has 2 atom stereocenters. The molecule has 7 heteroatoms. The van der Waals surface area contributed by atoms with Gasteiger partial charge < -0.3 is 19.9 Å². The zero-order chi connectivity index (χ0) is 23.1. The highest BCUT2D eigenvalue weighted by Crippen LogP contribution is 2.34. The number of carbonyl (C=O) groups excluding carboxylic acids is 2. The van der Waals surface area contributed by atoms with Gasteiger partial charge in [0.05, 0.1) is 6.04 Å². The molecule has 1 aromatic heterocycles. The van der Waals surface area contributed by atoms with Gasteiger partial charge in [0, 0.05) is 24.0 Å². The lowest BCUT2D eigenvalue weighted by molar-refractivity contribution is -0.135. The maximum Gasteiger partial charge on any atom is 0.318 e. The molecular weight excluding hydrogens is 422 g/mol. The van der Waals surface area contributed by atoms with Crippen molar-refractivity contribution in [1.82, 2.24) is 15.1 Å². The van der Waals surface area contributed by atoms with Gasteiger partial charge in [0.15, 0.2) is 0 Å². The lowest BCUT2D eigenvalue weighted by atomic mass is 10.00. The fourth-order valence-corrected chi connectivity index (χ4v) is 4.81. The number of hydrogen-bond acceptors (Lipinski definition) is 4. The molecule has 0 bridgehead atoms. The molecule has 1 aliphatic heterocycles. The van der Waals surface area contributed by atoms with Crippen LogP contribution < -0.4 is 10.1 Å². The van der Waals surface area contributed by atoms with Gasteiger partial charge in [-0.2, -0.15) is 0 Å². The van der Waals surface area contributed by atoms with E-state index in [9.17, 15) is 9.59 Å². The van der Waals surface area contributed by atoms with E-state index < -0.39 is 0 Å². The Hall–Kier alpha value is -2.54. The normalized spacial score (nSPS) is 16.4. The van der Waals surface area contributed by atoms with Crippen LogP contribution in [0.25, 0.3) is 0 Å². The monoisotopic (exact) mass is 457 g/mol. The third kappa shape index (κ3) is 6.25. The lowest BCUT2D eigenvalue weighted by Crippen LogP contribution is -2.51. The molecule has 0 fully saturated rings. The molecule has 1 N–H and O–H groups in total. The van der Waals surface area contributed by atoms with Crippen molar-refractivity contribution in [2.45, 2.75) is 52.6 Å². The number of nitrogens with one attached hydrogen (secondary N) is 1. The van der Waals surface area contributed by atoms with Crippen LogP contribution >= 0.6 is 11.3 Å². The molecule has 0 saturated carbocycles. The second kappa shape index (κ2) is 11.4. The zero-order valence-corrected chi connectivity index (χ0v) is 20.4. The van der Waals surface area contributed by atoms with E-state index in [0.717, 1.165) is 24.2 Å². The van der Waals surface area contributed by atoms with Gasteiger partial charge in [-0.15, -0.1) is 11.3 Å². The van der Waals surface area contributed by atoms with Crippen LogP contribution in [0.5, 0.6) is 5.75 Å². The van der Waals surface area contributed by atoms with Gasteiger partial charge in [-0.05, 0) is 55.3 Å². The third-order valence-electron chi connectivity index (χ3n) is 5.82. The van der Waals surface area contributed by atoms with Crippen molar-refractivity contribution >= 4 is 23.3 Å². The van der Waals surface area contributed by atoms with Crippen LogP contribution in [0.4, 0.5) is 4.79 Å². The van der Waals surface area contributed by atoms with E-state index in [4.69, 9.17) is 4.74 Å². The summed E-state index contributed by atoms with van der Waals surface area (Å²) in [6.45, 7) is 9.73. The largest absolute Gasteiger partial charge is 0.491 e. The van der Waals surface area contributed by atoms with Crippen molar-refractivity contribution in [1.29, 1.82) is 0 Å². The molecule has 0 saturated heterocycles. The Bertz CT molecular complexity index is 884. The van der Waals surface area contributed by atoms with E-state index in [0.29, 0.717) is 25.6 Å². The van der Waals surface area contributed by atoms with Gasteiger partial charge in [-0.3, -0.25) is 4.79 Å². The Labute approximate surface area is 195 Å². The second-order valence-corrected chi connectivity index (χ2v) is 9.77. The summed E-state index contributed by atoms with van der Waals surface area (Å²) in [5.41, 5.74) is 1.16. The van der Waals surface area contributed by atoms with Gasteiger partial charge in [-0.1, -0.05) is 38.5 Å². The molecule has 174 valence electrons. The van der Waals surface area contributed by atoms with Crippen molar-refractivity contribution in [2.75, 3.05) is 26.2 Å². The first-order chi connectivity index (χ1) is 15.4. The zero-order valence-electron chi connectivity index (χ0n) is 19.5. The predicted molar refractivity (Wildman–Crippen MR) is 129 cm³/mol. The van der Waals surface area contributed by atoms with E-state index in [1.165, 1.54) is 4.88 Å². The minimum Gasteiger partial charge on any atom is -0.491 e. The fraction of sp³-hybridized carbons (Fsp3) is 0.520. The number of fused-ring (bicyclic) bond motifs is 1. The van der Waals surface area contributed by atoms with Gasteiger partial charge >= 0.3 is 6.03 Å². The van der Waals surface area contributed by atoms with E-state index in [2.05, 4.69) is 30.6 Å². The number of hydrogen-bond donors (Lipinski definition) is 1. The number of ether oxygens (including phenoxy) is 1. The van der Waals surface area contributed by atoms with Crippen molar-refractivity contribution in [2.24, 2.45) is 5.92 Å². The highest BCUT2D eigenvalue weighted by Gasteiger charge is 2.33. The summed E-state index contributed by atoms with van der Waals surface area (Å²) >= 11 is 1.73. The average Bonchev–Trinajstić information content (AvgIpc) is 3.26. The maximum atomic E-state index is 13.5. The Balaban J connectivity index is 1.75. The minimum absolute atomic E-state index is 0.0207. The minimum atomic E-state index is -0.182. The van der Waals surface area contributed by atoms with E-state index >= 15 is 0 Å². The first kappa shape index (κ1) is 24.1. The SMILES string of the molecule is CC[C@H](C)CN(CC(=O)N1CCc2sccc2[C@@H]1COc1ccccc1)C(=O)NC(C)C. The molecule has 0 spiro atoms. The van der Waals surface area contributed by atoms with Crippen LogP contribution in [0, 0.1) is 5.92 Å². The molecule has 2 aromatic rings. The molecular formula is C25H35N3O3S. The van der Waals surface area contributed by atoms with Crippen molar-refractivity contribution in [3.8, 4) is 5.75 Å². The second-order valence-electron chi connectivity index (χ2n) is 8.77. The molecule has 3 amide bonds. The Morgan fingerprint density at radius 2 is 1.97 bits per heavy atom. The van der Waals surface area contributed by atoms with Gasteiger partial charge in [-0.25, -0.2) is 4.79 Å². The summed E-state index contributed by atoms with van der Waals surface area (Å²) in [6, 6.07) is 11.5. The number of benzene rings is 1. The summed E-state index contributed by atoms with van der Waals surface area (Å²) in [7, 11) is 0. The molecule has 1 aromatic carbocycles. The van der Waals surface area contributed by atoms with Crippen LogP contribution in [0.3, 0.4) is 0 Å². The molecule has 6 nitrogen and oxygen atoms in total. The summed E-state index contributed by atoms with van der Waals surface area (Å²) in [5, 5.41) is 5.03. The highest BCUT2D eigenvalue weighted by atomic mass is 32.1. The van der Waals surface area contributed by atoms with Gasteiger partial charge in [0.1, 0.15) is 18.9 Å². The van der Waals surface area contributed by atoms with Crippen LogP contribution in [0.15, 0.2) is 41.8 Å². The van der Waals surface area contributed by atoms with Crippen molar-refractivity contribution in [3.05, 3.63) is 52.2 Å². The summed E-state index contributed by atoms with van der Waals surface area (Å²) < 4.78 is 6.06. The maximum absolute atomic E-state index is 13.5. The smallest absolute Gasteiger partial charge is 0.318 e. The molecule has 0 unspecified atom stereocenters. The molecule has 0 radical (unpaired) electrons.